The molecule has 0 radical (unpaired) electrons. The smallest absolute Gasteiger partial charge is 0.853 e. The van der Waals surface area contributed by atoms with Gasteiger partial charge in [-0.25, -0.2) is 0 Å². The van der Waals surface area contributed by atoms with Gasteiger partial charge in [-0.1, -0.05) is 0 Å². The van der Waals surface area contributed by atoms with E-state index in [1.54, 1.807) is 0 Å². The van der Waals surface area contributed by atoms with Gasteiger partial charge in [-0.15, -0.1) is 6.61 Å². The first-order valence-electron chi connectivity index (χ1n) is 3.75. The molecule has 60 valence electrons. The minimum atomic E-state index is -0.167. The maximum atomic E-state index is 9.99. The first-order chi connectivity index (χ1) is 4.93. The summed E-state index contributed by atoms with van der Waals surface area (Å²) in [4.78, 5) is 0. The number of ether oxygens (including phenoxy) is 2. The second-order valence-corrected chi connectivity index (χ2v) is 2.37. The van der Waals surface area contributed by atoms with Crippen molar-refractivity contribution >= 4 is 0 Å². The Labute approximate surface area is 110 Å². The molecule has 1 aliphatic heterocycles. The van der Waals surface area contributed by atoms with Crippen molar-refractivity contribution in [2.75, 3.05) is 19.8 Å². The van der Waals surface area contributed by atoms with Crippen LogP contribution in [0.2, 0.25) is 0 Å². The van der Waals surface area contributed by atoms with Gasteiger partial charge in [-0.3, -0.25) is 0 Å². The third kappa shape index (κ3) is 5.71. The molecule has 1 unspecified atom stereocenters. The number of rotatable bonds is 3. The van der Waals surface area contributed by atoms with Crippen LogP contribution in [0, 0.1) is 0 Å². The van der Waals surface area contributed by atoms with Gasteiger partial charge in [-0.2, -0.15) is 0 Å². The average molecular weight is 184 g/mol. The van der Waals surface area contributed by atoms with Crippen LogP contribution < -0.4 is 56.5 Å². The van der Waals surface area contributed by atoms with Crippen molar-refractivity contribution < 1.29 is 66.0 Å². The molecular formula is C7H13KO3. The van der Waals surface area contributed by atoms with Crippen molar-refractivity contribution in [3.05, 3.63) is 0 Å². The van der Waals surface area contributed by atoms with E-state index in [0.717, 1.165) is 25.9 Å². The molecule has 3 nitrogen and oxygen atoms in total. The fourth-order valence-electron chi connectivity index (χ4n) is 1.02. The molecule has 0 aromatic rings. The molecule has 0 aromatic heterocycles. The molecule has 1 rings (SSSR count). The zero-order valence-corrected chi connectivity index (χ0v) is 10.2. The Kier molecular flexibility index (Phi) is 9.25. The van der Waals surface area contributed by atoms with E-state index >= 15 is 0 Å². The zero-order valence-electron chi connectivity index (χ0n) is 7.04. The maximum absolute atomic E-state index is 9.99. The van der Waals surface area contributed by atoms with E-state index in [-0.39, 0.29) is 70.9 Å². The summed E-state index contributed by atoms with van der Waals surface area (Å²) < 4.78 is 10.3. The molecule has 1 atom stereocenters. The number of hydrogen-bond donors (Lipinski definition) is 0. The molecular weight excluding hydrogens is 171 g/mol. The quantitative estimate of drug-likeness (QED) is 0.436. The summed E-state index contributed by atoms with van der Waals surface area (Å²) in [6.45, 7) is 0.897. The summed E-state index contributed by atoms with van der Waals surface area (Å²) in [5.74, 6) is 0. The van der Waals surface area contributed by atoms with Crippen molar-refractivity contribution in [1.29, 1.82) is 0 Å². The van der Waals surface area contributed by atoms with Gasteiger partial charge >= 0.3 is 51.4 Å². The second-order valence-electron chi connectivity index (χ2n) is 2.37. The molecule has 0 bridgehead atoms. The summed E-state index contributed by atoms with van der Waals surface area (Å²) in [6, 6.07) is 0. The van der Waals surface area contributed by atoms with Crippen molar-refractivity contribution in [3.63, 3.8) is 0 Å². The van der Waals surface area contributed by atoms with Gasteiger partial charge in [0.2, 0.25) is 0 Å². The van der Waals surface area contributed by atoms with Crippen LogP contribution in [0.15, 0.2) is 0 Å². The van der Waals surface area contributed by atoms with E-state index < -0.39 is 0 Å². The Hall–Kier alpha value is 1.52. The predicted molar refractivity (Wildman–Crippen MR) is 34.4 cm³/mol. The van der Waals surface area contributed by atoms with Gasteiger partial charge in [0.1, 0.15) is 0 Å². The molecule has 0 saturated carbocycles. The monoisotopic (exact) mass is 184 g/mol. The van der Waals surface area contributed by atoms with Crippen LogP contribution in [0.5, 0.6) is 0 Å². The average Bonchev–Trinajstić information content (AvgIpc) is 2.03. The Balaban J connectivity index is 0.000001000. The van der Waals surface area contributed by atoms with Crippen LogP contribution in [0.3, 0.4) is 0 Å². The van der Waals surface area contributed by atoms with Crippen LogP contribution in [-0.4, -0.2) is 26.1 Å². The predicted octanol–water partition coefficient (Wildman–Crippen LogP) is -3.11. The maximum Gasteiger partial charge on any atom is 1.00 e. The third-order valence-corrected chi connectivity index (χ3v) is 1.52. The summed E-state index contributed by atoms with van der Waals surface area (Å²) in [7, 11) is 0. The van der Waals surface area contributed by atoms with Gasteiger partial charge < -0.3 is 14.6 Å². The van der Waals surface area contributed by atoms with Crippen molar-refractivity contribution in [1.82, 2.24) is 0 Å². The first kappa shape index (κ1) is 12.5. The molecule has 0 spiro atoms. The van der Waals surface area contributed by atoms with Gasteiger partial charge in [0, 0.05) is 13.2 Å². The number of hydrogen-bond acceptors (Lipinski definition) is 3. The Morgan fingerprint density at radius 3 is 2.82 bits per heavy atom. The van der Waals surface area contributed by atoms with Crippen LogP contribution in [-0.2, 0) is 9.47 Å². The molecule has 4 heteroatoms. The van der Waals surface area contributed by atoms with Gasteiger partial charge in [0.25, 0.3) is 0 Å². The van der Waals surface area contributed by atoms with Crippen LogP contribution >= 0.6 is 0 Å². The summed E-state index contributed by atoms with van der Waals surface area (Å²) in [6.07, 6.45) is 3.13. The van der Waals surface area contributed by atoms with E-state index in [0.29, 0.717) is 0 Å². The van der Waals surface area contributed by atoms with E-state index in [2.05, 4.69) is 0 Å². The molecule has 11 heavy (non-hydrogen) atoms. The van der Waals surface area contributed by atoms with Crippen LogP contribution in [0.25, 0.3) is 0 Å². The molecule has 1 aliphatic rings. The fourth-order valence-corrected chi connectivity index (χ4v) is 1.02. The van der Waals surface area contributed by atoms with Crippen molar-refractivity contribution in [2.24, 2.45) is 0 Å². The summed E-state index contributed by atoms with van der Waals surface area (Å²) in [5, 5.41) is 9.99. The first-order valence-corrected chi connectivity index (χ1v) is 3.75. The third-order valence-electron chi connectivity index (χ3n) is 1.52. The molecule has 1 saturated heterocycles. The van der Waals surface area contributed by atoms with E-state index in [1.165, 1.54) is 0 Å². The summed E-state index contributed by atoms with van der Waals surface area (Å²) >= 11 is 0. The van der Waals surface area contributed by atoms with E-state index in [9.17, 15) is 5.11 Å². The van der Waals surface area contributed by atoms with E-state index in [4.69, 9.17) is 9.47 Å². The molecule has 1 fully saturated rings. The Bertz CT molecular complexity index is 83.8. The largest absolute Gasteiger partial charge is 1.00 e. The standard InChI is InChI=1S/C7H13O3.K/c8-4-6-10-7-3-1-2-5-9-7;/h7H,1-6H2;/q-1;+1. The molecule has 0 N–H and O–H groups in total. The van der Waals surface area contributed by atoms with Gasteiger partial charge in [-0.05, 0) is 19.3 Å². The minimum Gasteiger partial charge on any atom is -0.853 e. The molecule has 0 aromatic carbocycles. The van der Waals surface area contributed by atoms with Gasteiger partial charge in [0.05, 0.1) is 0 Å². The SMILES string of the molecule is [K+].[O-]CCOC1CCCCO1. The molecule has 0 aliphatic carbocycles. The van der Waals surface area contributed by atoms with E-state index in [1.807, 2.05) is 0 Å². The molecule has 1 heterocycles. The van der Waals surface area contributed by atoms with Crippen molar-refractivity contribution in [3.8, 4) is 0 Å². The molecule has 0 amide bonds. The van der Waals surface area contributed by atoms with Crippen molar-refractivity contribution in [2.45, 2.75) is 25.6 Å². The minimum absolute atomic E-state index is 0. The van der Waals surface area contributed by atoms with Crippen LogP contribution in [0.1, 0.15) is 19.3 Å². The van der Waals surface area contributed by atoms with Gasteiger partial charge in [0.15, 0.2) is 6.29 Å². The normalized spacial score (nSPS) is 24.3. The zero-order chi connectivity index (χ0) is 7.23. The fraction of sp³-hybridized carbons (Fsp3) is 1.00. The second kappa shape index (κ2) is 8.13. The Morgan fingerprint density at radius 2 is 2.27 bits per heavy atom. The Morgan fingerprint density at radius 1 is 1.45 bits per heavy atom. The topological polar surface area (TPSA) is 41.5 Å². The van der Waals surface area contributed by atoms with Crippen LogP contribution in [0.4, 0.5) is 0 Å². The summed E-state index contributed by atoms with van der Waals surface area (Å²) in [5.41, 5.74) is 0.